The second-order valence-corrected chi connectivity index (χ2v) is 14.6. The molecule has 0 spiro atoms. The summed E-state index contributed by atoms with van der Waals surface area (Å²) in [5.41, 5.74) is 9.03. The number of allylic oxidation sites excluding steroid dienone is 24. The van der Waals surface area contributed by atoms with Gasteiger partial charge in [-0.15, -0.1) is 0 Å². The maximum atomic E-state index is 10.5. The second-order valence-electron chi connectivity index (χ2n) is 14.6. The first-order valence-electron chi connectivity index (χ1n) is 17.1. The average molecular weight is 637 g/mol. The van der Waals surface area contributed by atoms with Crippen LogP contribution in [-0.4, -0.2) is 21.9 Å². The van der Waals surface area contributed by atoms with Crippen molar-refractivity contribution in [2.45, 2.75) is 114 Å². The van der Waals surface area contributed by atoms with Crippen LogP contribution in [0.2, 0.25) is 0 Å². The summed E-state index contributed by atoms with van der Waals surface area (Å²) in [5, 5.41) is 20.6. The molecule has 0 radical (unpaired) electrons. The summed E-state index contributed by atoms with van der Waals surface area (Å²) in [5.74, 6) is 0.0736. The van der Waals surface area contributed by atoms with Crippen LogP contribution < -0.4 is 0 Å². The van der Waals surface area contributed by atoms with E-state index in [0.717, 1.165) is 24.8 Å². The van der Waals surface area contributed by atoms with E-state index < -0.39 is 5.60 Å². The first kappa shape index (κ1) is 41.6. The lowest BCUT2D eigenvalue weighted by atomic mass is 9.71. The zero-order valence-corrected chi connectivity index (χ0v) is 31.6. The van der Waals surface area contributed by atoms with Crippen LogP contribution in [0.15, 0.2) is 154 Å². The van der Waals surface area contributed by atoms with Crippen molar-refractivity contribution in [1.29, 1.82) is 0 Å². The van der Waals surface area contributed by atoms with E-state index in [0.29, 0.717) is 0 Å². The molecule has 0 aromatic rings. The number of hydrogen-bond acceptors (Lipinski definition) is 2. The lowest BCUT2D eigenvalue weighted by molar-refractivity contribution is 0.0380. The highest BCUT2D eigenvalue weighted by Crippen LogP contribution is 2.41. The molecule has 0 fully saturated rings. The molecule has 2 unspecified atom stereocenters. The number of hydrogen-bond donors (Lipinski definition) is 2. The van der Waals surface area contributed by atoms with E-state index in [9.17, 15) is 10.2 Å². The van der Waals surface area contributed by atoms with Gasteiger partial charge in [0, 0.05) is 5.92 Å². The Morgan fingerprint density at radius 1 is 0.723 bits per heavy atom. The Labute approximate surface area is 288 Å². The summed E-state index contributed by atoms with van der Waals surface area (Å²) in [6.45, 7) is 25.0. The standard InChI is InChI=1S/C45H64O2/c1-34(2)26-29-41(45(11,12)47)30-27-38(6)24-17-23-37(5)22-15-20-35(3)18-13-14-19-36(4)21-16-25-39(7)28-31-43-40(8)32-42(46)33-44(43,9)10/h13-28,30-31,41-42,46-47H,29,32-33H2,1-12H3. The molecule has 0 heterocycles. The molecule has 1 aliphatic carbocycles. The quantitative estimate of drug-likeness (QED) is 0.139. The van der Waals surface area contributed by atoms with E-state index in [1.54, 1.807) is 0 Å². The largest absolute Gasteiger partial charge is 0.393 e. The minimum absolute atomic E-state index is 0.00109. The van der Waals surface area contributed by atoms with Crippen molar-refractivity contribution in [1.82, 2.24) is 0 Å². The Hall–Kier alpha value is -3.46. The molecule has 0 saturated carbocycles. The molecule has 0 aromatic carbocycles. The first-order chi connectivity index (χ1) is 21.9. The van der Waals surface area contributed by atoms with Crippen molar-refractivity contribution in [3.05, 3.63) is 154 Å². The predicted octanol–water partition coefficient (Wildman–Crippen LogP) is 12.3. The second kappa shape index (κ2) is 20.7. The monoisotopic (exact) mass is 636 g/mol. The van der Waals surface area contributed by atoms with Gasteiger partial charge in [-0.3, -0.25) is 0 Å². The van der Waals surface area contributed by atoms with E-state index in [1.165, 1.54) is 39.0 Å². The third kappa shape index (κ3) is 18.5. The van der Waals surface area contributed by atoms with Crippen molar-refractivity contribution >= 4 is 0 Å². The molecule has 256 valence electrons. The van der Waals surface area contributed by atoms with Gasteiger partial charge >= 0.3 is 0 Å². The maximum Gasteiger partial charge on any atom is 0.0657 e. The molecule has 0 aliphatic heterocycles. The summed E-state index contributed by atoms with van der Waals surface area (Å²) < 4.78 is 0. The fourth-order valence-electron chi connectivity index (χ4n) is 5.38. The highest BCUT2D eigenvalue weighted by molar-refractivity contribution is 5.38. The van der Waals surface area contributed by atoms with Crippen molar-refractivity contribution in [2.75, 3.05) is 0 Å². The Kier molecular flexibility index (Phi) is 18.3. The van der Waals surface area contributed by atoms with Crippen LogP contribution >= 0.6 is 0 Å². The fourth-order valence-corrected chi connectivity index (χ4v) is 5.38. The highest BCUT2D eigenvalue weighted by Gasteiger charge is 2.31. The van der Waals surface area contributed by atoms with Gasteiger partial charge in [-0.1, -0.05) is 162 Å². The van der Waals surface area contributed by atoms with Gasteiger partial charge in [0.15, 0.2) is 0 Å². The molecule has 2 atom stereocenters. The molecule has 1 aliphatic rings. The summed E-state index contributed by atoms with van der Waals surface area (Å²) in [6, 6.07) is 0. The Morgan fingerprint density at radius 3 is 1.57 bits per heavy atom. The van der Waals surface area contributed by atoms with Gasteiger partial charge in [0.05, 0.1) is 11.7 Å². The Balaban J connectivity index is 2.67. The van der Waals surface area contributed by atoms with Crippen LogP contribution in [0.3, 0.4) is 0 Å². The van der Waals surface area contributed by atoms with E-state index >= 15 is 0 Å². The molecule has 47 heavy (non-hydrogen) atoms. The summed E-state index contributed by atoms with van der Waals surface area (Å²) in [4.78, 5) is 0. The number of aliphatic hydroxyl groups is 2. The van der Waals surface area contributed by atoms with Crippen LogP contribution in [0.4, 0.5) is 0 Å². The summed E-state index contributed by atoms with van der Waals surface area (Å²) in [6.07, 6.45) is 40.3. The van der Waals surface area contributed by atoms with Crippen LogP contribution in [0.5, 0.6) is 0 Å². The van der Waals surface area contributed by atoms with E-state index in [2.05, 4.69) is 179 Å². The van der Waals surface area contributed by atoms with Crippen LogP contribution in [-0.2, 0) is 0 Å². The van der Waals surface area contributed by atoms with Gasteiger partial charge in [0.2, 0.25) is 0 Å². The molecular weight excluding hydrogens is 572 g/mol. The van der Waals surface area contributed by atoms with E-state index in [1.807, 2.05) is 13.8 Å². The zero-order valence-electron chi connectivity index (χ0n) is 31.6. The smallest absolute Gasteiger partial charge is 0.0657 e. The highest BCUT2D eigenvalue weighted by atomic mass is 16.3. The van der Waals surface area contributed by atoms with Crippen molar-refractivity contribution in [3.63, 3.8) is 0 Å². The normalized spacial score (nSPS) is 20.4. The third-order valence-corrected chi connectivity index (χ3v) is 8.25. The number of aliphatic hydroxyl groups excluding tert-OH is 1. The van der Waals surface area contributed by atoms with Gasteiger partial charge in [-0.25, -0.2) is 0 Å². The molecule has 2 nitrogen and oxygen atoms in total. The molecule has 2 N–H and O–H groups in total. The maximum absolute atomic E-state index is 10.5. The van der Waals surface area contributed by atoms with Gasteiger partial charge in [0.1, 0.15) is 0 Å². The van der Waals surface area contributed by atoms with Gasteiger partial charge in [-0.2, -0.15) is 0 Å². The molecule has 0 saturated heterocycles. The van der Waals surface area contributed by atoms with Crippen molar-refractivity contribution in [3.8, 4) is 0 Å². The van der Waals surface area contributed by atoms with Crippen LogP contribution in [0.25, 0.3) is 0 Å². The number of rotatable bonds is 15. The molecule has 0 amide bonds. The van der Waals surface area contributed by atoms with Gasteiger partial charge in [0.25, 0.3) is 0 Å². The summed E-state index contributed by atoms with van der Waals surface area (Å²) >= 11 is 0. The summed E-state index contributed by atoms with van der Waals surface area (Å²) in [7, 11) is 0. The SMILES string of the molecule is CC(C)=CCC(C=CC(C)=CC=CC(C)=CC=CC(C)=CC=CC=C(C)C=CC=C(C)C=CC1=C(C)CC(O)CC1(C)C)C(C)(C)O. The van der Waals surface area contributed by atoms with Crippen LogP contribution in [0, 0.1) is 11.3 Å². The lowest BCUT2D eigenvalue weighted by Gasteiger charge is -2.35. The zero-order chi connectivity index (χ0) is 35.6. The Morgan fingerprint density at radius 2 is 1.15 bits per heavy atom. The Bertz CT molecular complexity index is 1420. The molecule has 0 aromatic heterocycles. The molecule has 1 rings (SSSR count). The van der Waals surface area contributed by atoms with E-state index in [-0.39, 0.29) is 17.4 Å². The fraction of sp³-hybridized carbons (Fsp3) is 0.422. The molecule has 2 heteroatoms. The van der Waals surface area contributed by atoms with Crippen molar-refractivity contribution in [2.24, 2.45) is 11.3 Å². The van der Waals surface area contributed by atoms with Gasteiger partial charge < -0.3 is 10.2 Å². The van der Waals surface area contributed by atoms with Crippen molar-refractivity contribution < 1.29 is 10.2 Å². The molecule has 0 bridgehead atoms. The minimum atomic E-state index is -0.757. The van der Waals surface area contributed by atoms with Gasteiger partial charge in [-0.05, 0) is 99.5 Å². The van der Waals surface area contributed by atoms with E-state index in [4.69, 9.17) is 0 Å². The minimum Gasteiger partial charge on any atom is -0.393 e. The topological polar surface area (TPSA) is 40.5 Å². The lowest BCUT2D eigenvalue weighted by Crippen LogP contribution is -2.29. The first-order valence-corrected chi connectivity index (χ1v) is 17.1. The average Bonchev–Trinajstić information content (AvgIpc) is 2.93. The third-order valence-electron chi connectivity index (χ3n) is 8.25. The van der Waals surface area contributed by atoms with Crippen LogP contribution in [0.1, 0.15) is 102 Å². The predicted molar refractivity (Wildman–Crippen MR) is 209 cm³/mol. The molecular formula is C45H64O2.